The van der Waals surface area contributed by atoms with Crippen LogP contribution in [0.4, 0.5) is 0 Å². The highest BCUT2D eigenvalue weighted by Gasteiger charge is 2.49. The lowest BCUT2D eigenvalue weighted by molar-refractivity contribution is -0.120. The van der Waals surface area contributed by atoms with E-state index in [9.17, 15) is 22.8 Å². The van der Waals surface area contributed by atoms with E-state index in [1.807, 2.05) is 39.3 Å². The smallest absolute Gasteiger partial charge is 0.283 e. The lowest BCUT2D eigenvalue weighted by Crippen LogP contribution is -2.38. The molecule has 3 aliphatic rings. The Morgan fingerprint density at radius 3 is 2.11 bits per heavy atom. The quantitative estimate of drug-likeness (QED) is 0.416. The van der Waals surface area contributed by atoms with Gasteiger partial charge in [-0.15, -0.1) is 0 Å². The van der Waals surface area contributed by atoms with Crippen molar-refractivity contribution < 1.29 is 37.0 Å². The van der Waals surface area contributed by atoms with Crippen molar-refractivity contribution in [2.75, 3.05) is 26.6 Å². The normalized spacial score (nSPS) is 19.5. The number of sulfonamides is 1. The van der Waals surface area contributed by atoms with Crippen LogP contribution in [-0.2, 0) is 29.1 Å². The van der Waals surface area contributed by atoms with Gasteiger partial charge in [0, 0.05) is 55.1 Å². The number of methoxy groups -OCH3 is 2. The maximum atomic E-state index is 13.9. The fraction of sp³-hybridized carbons (Fsp3) is 0.471. The molecular weight excluding hydrogens is 596 g/mol. The van der Waals surface area contributed by atoms with Crippen LogP contribution in [0.25, 0.3) is 11.3 Å². The summed E-state index contributed by atoms with van der Waals surface area (Å²) in [7, 11) is -1.00. The summed E-state index contributed by atoms with van der Waals surface area (Å²) in [5.41, 5.74) is 2.74. The molecule has 0 fully saturated rings. The second kappa shape index (κ2) is 11.8. The average Bonchev–Trinajstić information content (AvgIpc) is 2.93. The van der Waals surface area contributed by atoms with E-state index < -0.39 is 21.8 Å². The van der Waals surface area contributed by atoms with Gasteiger partial charge in [0.05, 0.1) is 31.1 Å². The number of amides is 1. The van der Waals surface area contributed by atoms with E-state index in [1.54, 1.807) is 31.4 Å². The predicted octanol–water partition coefficient (Wildman–Crippen LogP) is 5.17. The highest BCUT2D eigenvalue weighted by Crippen LogP contribution is 2.55. The Kier molecular flexibility index (Phi) is 8.56. The van der Waals surface area contributed by atoms with Crippen LogP contribution in [0.15, 0.2) is 53.0 Å². The minimum absolute atomic E-state index is 0.0613. The zero-order chi connectivity index (χ0) is 32.9. The number of allylic oxidation sites excluding steroid dienone is 4. The second-order valence-electron chi connectivity index (χ2n) is 13.6. The van der Waals surface area contributed by atoms with Crippen molar-refractivity contribution in [1.29, 1.82) is 0 Å². The van der Waals surface area contributed by atoms with Crippen LogP contribution < -0.4 is 9.46 Å². The van der Waals surface area contributed by atoms with E-state index in [-0.39, 0.29) is 40.5 Å². The number of rotatable bonds is 8. The van der Waals surface area contributed by atoms with E-state index in [0.29, 0.717) is 76.5 Å². The number of carbonyl (C=O) groups is 3. The molecule has 240 valence electrons. The van der Waals surface area contributed by atoms with Gasteiger partial charge in [-0.3, -0.25) is 14.4 Å². The molecule has 2 heterocycles. The lowest BCUT2D eigenvalue weighted by Gasteiger charge is -2.43. The van der Waals surface area contributed by atoms with E-state index in [0.717, 1.165) is 0 Å². The first-order valence-corrected chi connectivity index (χ1v) is 16.6. The van der Waals surface area contributed by atoms with Gasteiger partial charge in [-0.2, -0.15) is 0 Å². The van der Waals surface area contributed by atoms with Crippen LogP contribution in [0.2, 0.25) is 0 Å². The highest BCUT2D eigenvalue weighted by molar-refractivity contribution is 7.90. The van der Waals surface area contributed by atoms with Crippen molar-refractivity contribution in [2.24, 2.45) is 10.8 Å². The molecule has 0 spiro atoms. The third-order valence-corrected chi connectivity index (χ3v) is 9.83. The fourth-order valence-corrected chi connectivity index (χ4v) is 7.51. The summed E-state index contributed by atoms with van der Waals surface area (Å²) < 4.78 is 43.8. The maximum Gasteiger partial charge on any atom is 0.283 e. The summed E-state index contributed by atoms with van der Waals surface area (Å²) in [6.07, 6.45) is 1.76. The summed E-state index contributed by atoms with van der Waals surface area (Å²) in [6, 6.07) is 8.35. The monoisotopic (exact) mass is 636 g/mol. The molecule has 11 heteroatoms. The van der Waals surface area contributed by atoms with Gasteiger partial charge < -0.3 is 14.2 Å². The molecule has 10 nitrogen and oxygen atoms in total. The Bertz CT molecular complexity index is 1720. The van der Waals surface area contributed by atoms with Gasteiger partial charge in [-0.25, -0.2) is 18.1 Å². The number of aromatic nitrogens is 1. The zero-order valence-electron chi connectivity index (χ0n) is 26.8. The number of hydrogen-bond acceptors (Lipinski definition) is 9. The van der Waals surface area contributed by atoms with Gasteiger partial charge in [-0.1, -0.05) is 33.8 Å². The Morgan fingerprint density at radius 1 is 0.956 bits per heavy atom. The number of nitrogens with one attached hydrogen (secondary N) is 1. The Labute approximate surface area is 264 Å². The maximum absolute atomic E-state index is 13.9. The number of benzene rings is 1. The van der Waals surface area contributed by atoms with Crippen molar-refractivity contribution in [3.63, 3.8) is 0 Å². The lowest BCUT2D eigenvalue weighted by atomic mass is 9.65. The molecule has 2 aliphatic carbocycles. The van der Waals surface area contributed by atoms with Gasteiger partial charge in [-0.05, 0) is 47.6 Å². The summed E-state index contributed by atoms with van der Waals surface area (Å²) >= 11 is 0. The summed E-state index contributed by atoms with van der Waals surface area (Å²) in [6.45, 7) is 9.97. The number of hydrogen-bond donors (Lipinski definition) is 1. The molecular formula is C34H40N2O8S. The van der Waals surface area contributed by atoms with E-state index in [4.69, 9.17) is 14.2 Å². The minimum Gasteiger partial charge on any atom is -0.496 e. The second-order valence-corrected chi connectivity index (χ2v) is 15.4. The number of ether oxygens (including phenoxy) is 3. The molecule has 0 saturated carbocycles. The number of ketones is 2. The fourth-order valence-electron chi connectivity index (χ4n) is 6.63. The largest absolute Gasteiger partial charge is 0.496 e. The zero-order valence-corrected chi connectivity index (χ0v) is 27.6. The molecule has 5 rings (SSSR count). The van der Waals surface area contributed by atoms with Crippen molar-refractivity contribution in [2.45, 2.75) is 66.2 Å². The summed E-state index contributed by atoms with van der Waals surface area (Å²) in [4.78, 5) is 45.1. The van der Waals surface area contributed by atoms with E-state index in [1.165, 1.54) is 13.2 Å². The van der Waals surface area contributed by atoms with Crippen LogP contribution in [0, 0.1) is 17.8 Å². The number of nitrogens with zero attached hydrogens (tertiary/aromatic N) is 1. The van der Waals surface area contributed by atoms with Crippen LogP contribution in [0.1, 0.15) is 80.9 Å². The Morgan fingerprint density at radius 2 is 1.56 bits per heavy atom. The topological polar surface area (TPSA) is 138 Å². The molecule has 45 heavy (non-hydrogen) atoms. The van der Waals surface area contributed by atoms with Gasteiger partial charge in [0.15, 0.2) is 11.6 Å². The number of pyridine rings is 1. The molecule has 0 radical (unpaired) electrons. The van der Waals surface area contributed by atoms with Crippen molar-refractivity contribution in [1.82, 2.24) is 9.71 Å². The number of Topliss-reactive ketones (excluding diaryl/α,β-unsaturated/α-hetero) is 2. The van der Waals surface area contributed by atoms with Crippen LogP contribution in [-0.4, -0.2) is 57.5 Å². The molecule has 1 aromatic carbocycles. The molecule has 2 aromatic rings. The molecule has 0 atom stereocenters. The molecule has 1 amide bonds. The predicted molar refractivity (Wildman–Crippen MR) is 168 cm³/mol. The van der Waals surface area contributed by atoms with Crippen LogP contribution in [0.3, 0.4) is 0 Å². The first-order valence-electron chi connectivity index (χ1n) is 15.0. The molecule has 0 unspecified atom stereocenters. The van der Waals surface area contributed by atoms with Gasteiger partial charge in [0.1, 0.15) is 23.0 Å². The van der Waals surface area contributed by atoms with Crippen LogP contribution >= 0.6 is 0 Å². The molecule has 1 aromatic heterocycles. The SMILES string of the molecule is COCCS(=O)(=O)NC(=O)c1cccc(-c2ccc(OC)c(C3C4=C(CC(C)(C)CC4=O)OC4=C3C(=O)CC(C)(C)C4)c2C)n1. The minimum atomic E-state index is -3.92. The van der Waals surface area contributed by atoms with Gasteiger partial charge in [0.2, 0.25) is 10.0 Å². The van der Waals surface area contributed by atoms with Gasteiger partial charge in [0.25, 0.3) is 5.91 Å². The molecule has 0 saturated heterocycles. The summed E-state index contributed by atoms with van der Waals surface area (Å²) in [5.74, 6) is -0.337. The first kappa shape index (κ1) is 32.6. The summed E-state index contributed by atoms with van der Waals surface area (Å²) in [5, 5.41) is 0. The van der Waals surface area contributed by atoms with Crippen molar-refractivity contribution in [3.8, 4) is 17.0 Å². The molecule has 0 bridgehead atoms. The molecule has 1 aliphatic heterocycles. The van der Waals surface area contributed by atoms with E-state index >= 15 is 0 Å². The Balaban J connectivity index is 1.66. The van der Waals surface area contributed by atoms with Gasteiger partial charge >= 0.3 is 0 Å². The third-order valence-electron chi connectivity index (χ3n) is 8.63. The average molecular weight is 637 g/mol. The standard InChI is InChI=1S/C34H40N2O8S/c1-19-20(21-9-8-10-22(35-21)32(39)36-45(40,41)14-13-42-6)11-12-25(43-7)28(19)31-29-23(37)15-33(2,3)17-26(29)44-27-18-34(4,5)16-24(38)30(27)31/h8-12,31H,13-18H2,1-7H3,(H,36,39). The van der Waals surface area contributed by atoms with Crippen molar-refractivity contribution >= 4 is 27.5 Å². The van der Waals surface area contributed by atoms with Crippen molar-refractivity contribution in [3.05, 3.63) is 69.8 Å². The first-order chi connectivity index (χ1) is 21.1. The van der Waals surface area contributed by atoms with E-state index in [2.05, 4.69) is 4.98 Å². The van der Waals surface area contributed by atoms with Crippen LogP contribution in [0.5, 0.6) is 5.75 Å². The number of carbonyl (C=O) groups excluding carboxylic acids is 3. The Hall–Kier alpha value is -3.83. The highest BCUT2D eigenvalue weighted by atomic mass is 32.2. The molecule has 1 N–H and O–H groups in total. The third kappa shape index (κ3) is 6.46.